The van der Waals surface area contributed by atoms with Gasteiger partial charge in [-0.25, -0.2) is 13.2 Å². The van der Waals surface area contributed by atoms with Crippen LogP contribution in [0.5, 0.6) is 5.75 Å². The molecule has 0 aliphatic heterocycles. The lowest BCUT2D eigenvalue weighted by Gasteiger charge is -2.31. The summed E-state index contributed by atoms with van der Waals surface area (Å²) in [7, 11) is -0.237. The van der Waals surface area contributed by atoms with Crippen LogP contribution < -0.4 is 15.4 Å². The molecule has 0 aliphatic rings. The van der Waals surface area contributed by atoms with Crippen LogP contribution in [0.4, 0.5) is 0 Å². The fraction of sp³-hybridized carbons (Fsp3) is 0.694. The predicted octanol–water partition coefficient (Wildman–Crippen LogP) is 5.00. The molecule has 48 heavy (non-hydrogen) atoms. The Morgan fingerprint density at radius 2 is 1.48 bits per heavy atom. The van der Waals surface area contributed by atoms with E-state index in [1.165, 1.54) is 20.2 Å². The highest BCUT2D eigenvalue weighted by Gasteiger charge is 2.47. The first kappa shape index (κ1) is 43.1. The molecule has 0 aliphatic carbocycles. The van der Waals surface area contributed by atoms with Gasteiger partial charge in [-0.2, -0.15) is 0 Å². The van der Waals surface area contributed by atoms with Crippen LogP contribution in [-0.2, 0) is 35.4 Å². The van der Waals surface area contributed by atoms with E-state index in [1.54, 1.807) is 30.3 Å². The number of carbonyl (C=O) groups is 3. The molecular formula is C36H60N2O9S. The van der Waals surface area contributed by atoms with Crippen molar-refractivity contribution in [3.8, 4) is 5.75 Å². The van der Waals surface area contributed by atoms with Gasteiger partial charge < -0.3 is 30.3 Å². The first-order valence-electron chi connectivity index (χ1n) is 17.5. The first-order valence-corrected chi connectivity index (χ1v) is 19.3. The van der Waals surface area contributed by atoms with Gasteiger partial charge in [-0.1, -0.05) is 83.1 Å². The molecule has 2 amide bonds. The molecule has 12 heteroatoms. The van der Waals surface area contributed by atoms with E-state index in [0.29, 0.717) is 38.0 Å². The molecule has 0 unspecified atom stereocenters. The number of sulfone groups is 1. The van der Waals surface area contributed by atoms with Crippen molar-refractivity contribution < 1.29 is 42.5 Å². The molecule has 0 heterocycles. The number of benzene rings is 1. The van der Waals surface area contributed by atoms with Crippen molar-refractivity contribution in [3.63, 3.8) is 0 Å². The van der Waals surface area contributed by atoms with E-state index in [9.17, 15) is 33.0 Å². The van der Waals surface area contributed by atoms with Crippen molar-refractivity contribution in [1.29, 1.82) is 0 Å². The molecule has 1 aromatic rings. The zero-order valence-electron chi connectivity index (χ0n) is 29.5. The molecule has 0 spiro atoms. The average Bonchev–Trinajstić information content (AvgIpc) is 3.06. The molecular weight excluding hydrogens is 636 g/mol. The van der Waals surface area contributed by atoms with E-state index in [-0.39, 0.29) is 31.0 Å². The molecule has 1 aromatic carbocycles. The van der Waals surface area contributed by atoms with Gasteiger partial charge in [-0.3, -0.25) is 9.59 Å². The number of ether oxygens (including phenoxy) is 2. The van der Waals surface area contributed by atoms with Crippen LogP contribution in [0.2, 0.25) is 0 Å². The fourth-order valence-electron chi connectivity index (χ4n) is 5.25. The van der Waals surface area contributed by atoms with Gasteiger partial charge in [0.25, 0.3) is 0 Å². The van der Waals surface area contributed by atoms with E-state index in [2.05, 4.69) is 24.5 Å². The number of allylic oxidation sites excluding steroid dienone is 1. The molecule has 11 nitrogen and oxygen atoms in total. The second-order valence-corrected chi connectivity index (χ2v) is 14.7. The van der Waals surface area contributed by atoms with Crippen molar-refractivity contribution in [2.45, 2.75) is 115 Å². The maximum Gasteiger partial charge on any atom is 0.336 e. The smallest absolute Gasteiger partial charge is 0.336 e. The number of nitrogens with one attached hydrogen (secondary N) is 2. The van der Waals surface area contributed by atoms with Crippen molar-refractivity contribution in [3.05, 3.63) is 42.0 Å². The highest BCUT2D eigenvalue weighted by Crippen LogP contribution is 2.26. The number of rotatable bonds is 28. The minimum absolute atomic E-state index is 0.104. The zero-order chi connectivity index (χ0) is 35.8. The Kier molecular flexibility index (Phi) is 21.7. The Morgan fingerprint density at radius 3 is 2.04 bits per heavy atom. The van der Waals surface area contributed by atoms with Crippen LogP contribution >= 0.6 is 0 Å². The largest absolute Gasteiger partial charge is 0.494 e. The number of carboxylic acid groups (broad SMARTS) is 1. The van der Waals surface area contributed by atoms with Gasteiger partial charge in [0, 0.05) is 33.6 Å². The third-order valence-electron chi connectivity index (χ3n) is 8.33. The van der Waals surface area contributed by atoms with Gasteiger partial charge in [-0.15, -0.1) is 0 Å². The highest BCUT2D eigenvalue weighted by atomic mass is 32.2. The second-order valence-electron chi connectivity index (χ2n) is 12.4. The van der Waals surface area contributed by atoms with Crippen LogP contribution in [0.25, 0.3) is 0 Å². The van der Waals surface area contributed by atoms with Crippen molar-refractivity contribution >= 4 is 27.6 Å². The summed E-state index contributed by atoms with van der Waals surface area (Å²) in [5.74, 6) is -3.25. The summed E-state index contributed by atoms with van der Waals surface area (Å²) in [5, 5.41) is 26.5. The van der Waals surface area contributed by atoms with E-state index in [4.69, 9.17) is 9.47 Å². The Balaban J connectivity index is 2.89. The molecule has 3 atom stereocenters. The number of unbranched alkanes of at least 4 members (excludes halogenated alkanes) is 9. The molecule has 0 saturated carbocycles. The van der Waals surface area contributed by atoms with Crippen LogP contribution in [0, 0.1) is 5.92 Å². The average molecular weight is 697 g/mol. The topological polar surface area (TPSA) is 168 Å². The maximum absolute atomic E-state index is 13.6. The molecule has 0 saturated heterocycles. The Morgan fingerprint density at radius 1 is 0.875 bits per heavy atom. The molecule has 0 fully saturated rings. The molecule has 0 bridgehead atoms. The van der Waals surface area contributed by atoms with E-state index >= 15 is 0 Å². The quantitative estimate of drug-likeness (QED) is 0.0696. The number of carboxylic acids is 1. The van der Waals surface area contributed by atoms with E-state index in [1.807, 2.05) is 0 Å². The van der Waals surface area contributed by atoms with Gasteiger partial charge in [0.15, 0.2) is 5.60 Å². The predicted molar refractivity (Wildman–Crippen MR) is 189 cm³/mol. The third-order valence-corrected chi connectivity index (χ3v) is 10.1. The lowest BCUT2D eigenvalue weighted by molar-refractivity contribution is -0.168. The van der Waals surface area contributed by atoms with Crippen molar-refractivity contribution in [2.75, 3.05) is 38.9 Å². The van der Waals surface area contributed by atoms with E-state index in [0.717, 1.165) is 56.9 Å². The number of aliphatic hydroxyl groups is 1. The standard InChI is InChI=1S/C36H60N2O9S/c1-5-7-9-13-16-26-48(44,45)27-17-14-11-10-12-15-18-31(36(43,35(41)42)23-25-46-4)33(39)38-32(34(40)37-3)28-29-19-21-30(22-20-29)47-24-8-6-2/h15,18-22,31-32,43H,5-14,16-17,23-28H2,1-4H3,(H,37,40)(H,38,39)(H,41,42)/b18-15+/t31-,32+,36+/m1/s1. The monoisotopic (exact) mass is 696 g/mol. The van der Waals surface area contributed by atoms with Crippen LogP contribution in [-0.4, -0.2) is 86.9 Å². The molecule has 4 N–H and O–H groups in total. The van der Waals surface area contributed by atoms with Gasteiger partial charge >= 0.3 is 5.97 Å². The number of amides is 2. The third kappa shape index (κ3) is 16.9. The normalized spacial score (nSPS) is 14.3. The minimum atomic E-state index is -3.05. The molecule has 1 rings (SSSR count). The van der Waals surface area contributed by atoms with Gasteiger partial charge in [-0.05, 0) is 49.8 Å². The van der Waals surface area contributed by atoms with Crippen molar-refractivity contribution in [1.82, 2.24) is 10.6 Å². The molecule has 0 radical (unpaired) electrons. The summed E-state index contributed by atoms with van der Waals surface area (Å²) >= 11 is 0. The summed E-state index contributed by atoms with van der Waals surface area (Å²) < 4.78 is 35.3. The number of hydrogen-bond acceptors (Lipinski definition) is 8. The molecule has 274 valence electrons. The zero-order valence-corrected chi connectivity index (χ0v) is 30.3. The number of hydrogen-bond donors (Lipinski definition) is 4. The SMILES string of the molecule is CCCCCCCS(=O)(=O)CCCCCC/C=C/[C@H](C(=O)N[C@@H](Cc1ccc(OCCCC)cc1)C(=O)NC)[C@@](O)(CCOC)C(=O)O. The lowest BCUT2D eigenvalue weighted by atomic mass is 9.83. The van der Waals surface area contributed by atoms with Gasteiger partial charge in [0.05, 0.1) is 24.0 Å². The number of aliphatic carboxylic acids is 1. The number of carbonyl (C=O) groups excluding carboxylic acids is 2. The first-order chi connectivity index (χ1) is 22.9. The van der Waals surface area contributed by atoms with Crippen LogP contribution in [0.3, 0.4) is 0 Å². The summed E-state index contributed by atoms with van der Waals surface area (Å²) in [6.07, 6.45) is 13.0. The summed E-state index contributed by atoms with van der Waals surface area (Å²) in [5.41, 5.74) is -1.72. The number of likely N-dealkylation sites (N-methyl/N-ethyl adjacent to an activating group) is 1. The minimum Gasteiger partial charge on any atom is -0.494 e. The summed E-state index contributed by atoms with van der Waals surface area (Å²) in [4.78, 5) is 38.7. The molecule has 0 aromatic heterocycles. The van der Waals surface area contributed by atoms with Crippen LogP contribution in [0.1, 0.15) is 103 Å². The van der Waals surface area contributed by atoms with Gasteiger partial charge in [0.2, 0.25) is 11.8 Å². The van der Waals surface area contributed by atoms with Crippen molar-refractivity contribution in [2.24, 2.45) is 5.92 Å². The second kappa shape index (κ2) is 24.2. The maximum atomic E-state index is 13.6. The lowest BCUT2D eigenvalue weighted by Crippen LogP contribution is -2.56. The summed E-state index contributed by atoms with van der Waals surface area (Å²) in [6.45, 7) is 4.69. The Hall–Kier alpha value is -2.96. The fourth-order valence-corrected chi connectivity index (χ4v) is 6.74. The summed E-state index contributed by atoms with van der Waals surface area (Å²) in [6, 6.07) is 6.16. The van der Waals surface area contributed by atoms with Gasteiger partial charge in [0.1, 0.15) is 21.6 Å². The number of methoxy groups -OCH3 is 1. The van der Waals surface area contributed by atoms with Crippen LogP contribution in [0.15, 0.2) is 36.4 Å². The Labute approximate surface area is 288 Å². The highest BCUT2D eigenvalue weighted by molar-refractivity contribution is 7.91. The van der Waals surface area contributed by atoms with E-state index < -0.39 is 45.2 Å². The Bertz CT molecular complexity index is 1200.